The minimum atomic E-state index is 0.133. The molecule has 1 aromatic heterocycles. The van der Waals surface area contributed by atoms with Gasteiger partial charge in [-0.25, -0.2) is 0 Å². The first-order valence-corrected chi connectivity index (χ1v) is 8.61. The van der Waals surface area contributed by atoms with Crippen molar-refractivity contribution in [1.82, 2.24) is 14.7 Å². The SMILES string of the molecule is Cc1ccccc1CN(C)C(=O)Cc1c(C)nn(CC(C)C)c1C. The van der Waals surface area contributed by atoms with Gasteiger partial charge in [0.05, 0.1) is 12.1 Å². The van der Waals surface area contributed by atoms with E-state index in [2.05, 4.69) is 44.9 Å². The van der Waals surface area contributed by atoms with E-state index in [4.69, 9.17) is 0 Å². The Bertz CT molecular complexity index is 716. The maximum absolute atomic E-state index is 12.7. The van der Waals surface area contributed by atoms with E-state index in [-0.39, 0.29) is 5.91 Å². The Hall–Kier alpha value is -2.10. The summed E-state index contributed by atoms with van der Waals surface area (Å²) < 4.78 is 2.03. The van der Waals surface area contributed by atoms with Gasteiger partial charge in [0.1, 0.15) is 0 Å². The molecule has 0 aliphatic carbocycles. The zero-order valence-electron chi connectivity index (χ0n) is 15.8. The molecule has 0 saturated carbocycles. The lowest BCUT2D eigenvalue weighted by Crippen LogP contribution is -2.28. The largest absolute Gasteiger partial charge is 0.341 e. The zero-order valence-corrected chi connectivity index (χ0v) is 15.8. The van der Waals surface area contributed by atoms with Gasteiger partial charge in [-0.15, -0.1) is 0 Å². The molecule has 0 fully saturated rings. The monoisotopic (exact) mass is 327 g/mol. The number of hydrogen-bond donors (Lipinski definition) is 0. The fourth-order valence-corrected chi connectivity index (χ4v) is 2.93. The van der Waals surface area contributed by atoms with Crippen LogP contribution in [0.5, 0.6) is 0 Å². The molecule has 2 aromatic rings. The fourth-order valence-electron chi connectivity index (χ4n) is 2.93. The van der Waals surface area contributed by atoms with Gasteiger partial charge in [-0.3, -0.25) is 9.48 Å². The van der Waals surface area contributed by atoms with Crippen LogP contribution in [0, 0.1) is 26.7 Å². The molecule has 4 heteroatoms. The van der Waals surface area contributed by atoms with Crippen molar-refractivity contribution in [3.05, 3.63) is 52.3 Å². The molecule has 1 amide bonds. The summed E-state index contributed by atoms with van der Waals surface area (Å²) in [6.07, 6.45) is 0.415. The highest BCUT2D eigenvalue weighted by Crippen LogP contribution is 2.17. The van der Waals surface area contributed by atoms with Crippen LogP contribution in [0.15, 0.2) is 24.3 Å². The number of benzene rings is 1. The van der Waals surface area contributed by atoms with Crippen molar-refractivity contribution < 1.29 is 4.79 Å². The third kappa shape index (κ3) is 4.25. The molecule has 0 aliphatic rings. The number of carbonyl (C=O) groups is 1. The molecule has 24 heavy (non-hydrogen) atoms. The number of aryl methyl sites for hydroxylation is 2. The lowest BCUT2D eigenvalue weighted by Gasteiger charge is -2.19. The number of aromatic nitrogens is 2. The van der Waals surface area contributed by atoms with E-state index in [0.717, 1.165) is 23.5 Å². The molecule has 0 spiro atoms. The molecule has 0 saturated heterocycles. The standard InChI is InChI=1S/C20H29N3O/c1-14(2)12-23-17(5)19(16(4)21-23)11-20(24)22(6)13-18-10-8-7-9-15(18)3/h7-10,14H,11-13H2,1-6H3. The molecular weight excluding hydrogens is 298 g/mol. The lowest BCUT2D eigenvalue weighted by molar-refractivity contribution is -0.129. The van der Waals surface area contributed by atoms with Crippen molar-refractivity contribution in [3.8, 4) is 0 Å². The number of carbonyl (C=O) groups excluding carboxylic acids is 1. The molecule has 0 radical (unpaired) electrons. The van der Waals surface area contributed by atoms with Gasteiger partial charge in [-0.2, -0.15) is 5.10 Å². The van der Waals surface area contributed by atoms with Gasteiger partial charge < -0.3 is 4.90 Å². The second kappa shape index (κ2) is 7.65. The van der Waals surface area contributed by atoms with Crippen LogP contribution in [0.4, 0.5) is 0 Å². The number of likely N-dealkylation sites (N-methyl/N-ethyl adjacent to an activating group) is 1. The van der Waals surface area contributed by atoms with Crippen molar-refractivity contribution in [3.63, 3.8) is 0 Å². The van der Waals surface area contributed by atoms with Crippen LogP contribution in [0.1, 0.15) is 41.9 Å². The zero-order chi connectivity index (χ0) is 17.9. The number of rotatable bonds is 6. The van der Waals surface area contributed by atoms with E-state index in [1.807, 2.05) is 30.8 Å². The summed E-state index contributed by atoms with van der Waals surface area (Å²) in [4.78, 5) is 14.5. The summed E-state index contributed by atoms with van der Waals surface area (Å²) in [6.45, 7) is 12.0. The number of nitrogens with zero attached hydrogens (tertiary/aromatic N) is 3. The Kier molecular flexibility index (Phi) is 5.81. The third-order valence-corrected chi connectivity index (χ3v) is 4.49. The van der Waals surface area contributed by atoms with Crippen LogP contribution in [0.25, 0.3) is 0 Å². The Morgan fingerprint density at radius 3 is 2.50 bits per heavy atom. The van der Waals surface area contributed by atoms with Gasteiger partial charge in [-0.05, 0) is 37.8 Å². The van der Waals surface area contributed by atoms with E-state index < -0.39 is 0 Å². The second-order valence-electron chi connectivity index (χ2n) is 7.08. The normalized spacial score (nSPS) is 11.1. The average Bonchev–Trinajstić information content (AvgIpc) is 2.76. The molecule has 0 bridgehead atoms. The smallest absolute Gasteiger partial charge is 0.227 e. The molecule has 130 valence electrons. The van der Waals surface area contributed by atoms with Crippen LogP contribution in [0.2, 0.25) is 0 Å². The minimum Gasteiger partial charge on any atom is -0.341 e. The van der Waals surface area contributed by atoms with Gasteiger partial charge in [-0.1, -0.05) is 38.1 Å². The number of hydrogen-bond acceptors (Lipinski definition) is 2. The first kappa shape index (κ1) is 18.2. The first-order chi connectivity index (χ1) is 11.3. The Morgan fingerprint density at radius 1 is 1.21 bits per heavy atom. The molecule has 0 N–H and O–H groups in total. The Labute approximate surface area is 145 Å². The molecule has 0 aliphatic heterocycles. The molecule has 1 heterocycles. The van der Waals surface area contributed by atoms with Crippen LogP contribution >= 0.6 is 0 Å². The summed E-state index contributed by atoms with van der Waals surface area (Å²) >= 11 is 0. The van der Waals surface area contributed by atoms with Crippen LogP contribution in [-0.4, -0.2) is 27.6 Å². The van der Waals surface area contributed by atoms with E-state index in [1.165, 1.54) is 11.1 Å². The quantitative estimate of drug-likeness (QED) is 0.812. The summed E-state index contributed by atoms with van der Waals surface area (Å²) in [5.41, 5.74) is 5.55. The third-order valence-electron chi connectivity index (χ3n) is 4.49. The predicted molar refractivity (Wildman–Crippen MR) is 97.9 cm³/mol. The number of amides is 1. The van der Waals surface area contributed by atoms with Crippen molar-refractivity contribution in [2.24, 2.45) is 5.92 Å². The van der Waals surface area contributed by atoms with Gasteiger partial charge in [0.15, 0.2) is 0 Å². The highest BCUT2D eigenvalue weighted by atomic mass is 16.2. The van der Waals surface area contributed by atoms with Crippen molar-refractivity contribution in [2.75, 3.05) is 7.05 Å². The van der Waals surface area contributed by atoms with Crippen molar-refractivity contribution in [2.45, 2.75) is 54.1 Å². The molecule has 0 unspecified atom stereocenters. The molecule has 1 aromatic carbocycles. The van der Waals surface area contributed by atoms with Crippen LogP contribution in [0.3, 0.4) is 0 Å². The van der Waals surface area contributed by atoms with E-state index in [0.29, 0.717) is 18.9 Å². The van der Waals surface area contributed by atoms with Crippen LogP contribution in [-0.2, 0) is 24.3 Å². The highest BCUT2D eigenvalue weighted by molar-refractivity contribution is 5.79. The summed E-state index contributed by atoms with van der Waals surface area (Å²) in [6, 6.07) is 8.20. The fraction of sp³-hybridized carbons (Fsp3) is 0.500. The minimum absolute atomic E-state index is 0.133. The maximum atomic E-state index is 12.7. The van der Waals surface area contributed by atoms with E-state index in [1.54, 1.807) is 4.90 Å². The summed E-state index contributed by atoms with van der Waals surface area (Å²) in [5.74, 6) is 0.670. The topological polar surface area (TPSA) is 38.1 Å². The average molecular weight is 327 g/mol. The van der Waals surface area contributed by atoms with Gasteiger partial charge in [0.2, 0.25) is 5.91 Å². The van der Waals surface area contributed by atoms with Gasteiger partial charge >= 0.3 is 0 Å². The Balaban J connectivity index is 2.09. The van der Waals surface area contributed by atoms with E-state index >= 15 is 0 Å². The summed E-state index contributed by atoms with van der Waals surface area (Å²) in [5, 5.41) is 4.61. The summed E-state index contributed by atoms with van der Waals surface area (Å²) in [7, 11) is 1.87. The Morgan fingerprint density at radius 2 is 1.88 bits per heavy atom. The molecular formula is C20H29N3O. The molecule has 2 rings (SSSR count). The van der Waals surface area contributed by atoms with Gasteiger partial charge in [0.25, 0.3) is 0 Å². The van der Waals surface area contributed by atoms with E-state index in [9.17, 15) is 4.79 Å². The molecule has 4 nitrogen and oxygen atoms in total. The van der Waals surface area contributed by atoms with Crippen LogP contribution < -0.4 is 0 Å². The van der Waals surface area contributed by atoms with Gasteiger partial charge in [0, 0.05) is 31.4 Å². The van der Waals surface area contributed by atoms with Crippen molar-refractivity contribution in [1.29, 1.82) is 0 Å². The lowest BCUT2D eigenvalue weighted by atomic mass is 10.1. The predicted octanol–water partition coefficient (Wildman–Crippen LogP) is 3.67. The van der Waals surface area contributed by atoms with Crippen molar-refractivity contribution >= 4 is 5.91 Å². The second-order valence-corrected chi connectivity index (χ2v) is 7.08. The molecule has 0 atom stereocenters. The highest BCUT2D eigenvalue weighted by Gasteiger charge is 2.18. The first-order valence-electron chi connectivity index (χ1n) is 8.61. The maximum Gasteiger partial charge on any atom is 0.227 e.